The first kappa shape index (κ1) is 11.7. The van der Waals surface area contributed by atoms with E-state index in [1.807, 2.05) is 13.8 Å². The minimum absolute atomic E-state index is 0.0219. The molecule has 16 heavy (non-hydrogen) atoms. The van der Waals surface area contributed by atoms with Gasteiger partial charge in [-0.1, -0.05) is 33.8 Å². The standard InChI is InChI=1S/C14H22O2/c1-9(2)13(15)16-8-10-5-6-11-7-12(10)14(11,3)4/h5,9,11-12H,6-8H2,1-4H3. The topological polar surface area (TPSA) is 26.3 Å². The van der Waals surface area contributed by atoms with Gasteiger partial charge in [-0.2, -0.15) is 0 Å². The number of esters is 1. The molecule has 0 amide bonds. The minimum Gasteiger partial charge on any atom is -0.461 e. The Labute approximate surface area is 98.1 Å². The van der Waals surface area contributed by atoms with Gasteiger partial charge in [0.2, 0.25) is 0 Å². The highest BCUT2D eigenvalue weighted by Gasteiger charge is 2.51. The van der Waals surface area contributed by atoms with Crippen molar-refractivity contribution in [3.63, 3.8) is 0 Å². The quantitative estimate of drug-likeness (QED) is 0.541. The summed E-state index contributed by atoms with van der Waals surface area (Å²) in [6.45, 7) is 8.94. The third-order valence-corrected chi connectivity index (χ3v) is 4.44. The molecular weight excluding hydrogens is 200 g/mol. The van der Waals surface area contributed by atoms with Crippen LogP contribution in [-0.2, 0) is 9.53 Å². The SMILES string of the molecule is CC(C)C(=O)OCC1=CCC2CC1C2(C)C. The van der Waals surface area contributed by atoms with E-state index in [0.29, 0.717) is 17.9 Å². The molecule has 3 rings (SSSR count). The van der Waals surface area contributed by atoms with Crippen LogP contribution in [0.4, 0.5) is 0 Å². The van der Waals surface area contributed by atoms with E-state index in [1.54, 1.807) is 0 Å². The molecule has 3 aliphatic rings. The summed E-state index contributed by atoms with van der Waals surface area (Å²) in [4.78, 5) is 11.4. The predicted molar refractivity (Wildman–Crippen MR) is 63.9 cm³/mol. The van der Waals surface area contributed by atoms with Crippen LogP contribution in [0.15, 0.2) is 11.6 Å². The second-order valence-electron chi connectivity index (χ2n) is 6.08. The number of hydrogen-bond donors (Lipinski definition) is 0. The molecule has 2 heteroatoms. The monoisotopic (exact) mass is 222 g/mol. The average Bonchev–Trinajstić information content (AvgIpc) is 2.25. The fourth-order valence-corrected chi connectivity index (χ4v) is 2.96. The van der Waals surface area contributed by atoms with Crippen molar-refractivity contribution < 1.29 is 9.53 Å². The lowest BCUT2D eigenvalue weighted by Gasteiger charge is -2.56. The number of hydrogen-bond acceptors (Lipinski definition) is 2. The van der Waals surface area contributed by atoms with Crippen molar-refractivity contribution in [1.82, 2.24) is 0 Å². The van der Waals surface area contributed by atoms with Gasteiger partial charge in [0, 0.05) is 0 Å². The third kappa shape index (κ3) is 1.79. The molecule has 1 saturated carbocycles. The summed E-state index contributed by atoms with van der Waals surface area (Å²) in [5, 5.41) is 0. The van der Waals surface area contributed by atoms with Crippen molar-refractivity contribution in [1.29, 1.82) is 0 Å². The van der Waals surface area contributed by atoms with Crippen LogP contribution < -0.4 is 0 Å². The molecule has 0 aliphatic heterocycles. The Bertz CT molecular complexity index is 326. The molecule has 0 radical (unpaired) electrons. The fraction of sp³-hybridized carbons (Fsp3) is 0.786. The normalized spacial score (nSPS) is 30.7. The van der Waals surface area contributed by atoms with Gasteiger partial charge in [-0.3, -0.25) is 4.79 Å². The third-order valence-electron chi connectivity index (χ3n) is 4.44. The molecule has 2 atom stereocenters. The molecule has 2 nitrogen and oxygen atoms in total. The first-order valence-electron chi connectivity index (χ1n) is 6.28. The van der Waals surface area contributed by atoms with Crippen LogP contribution in [0.2, 0.25) is 0 Å². The van der Waals surface area contributed by atoms with E-state index in [9.17, 15) is 4.79 Å². The summed E-state index contributed by atoms with van der Waals surface area (Å²) in [7, 11) is 0. The molecule has 0 aromatic heterocycles. The maximum absolute atomic E-state index is 11.4. The number of carbonyl (C=O) groups excluding carboxylic acids is 1. The summed E-state index contributed by atoms with van der Waals surface area (Å²) in [6, 6.07) is 0. The lowest BCUT2D eigenvalue weighted by Crippen LogP contribution is -2.48. The van der Waals surface area contributed by atoms with Crippen molar-refractivity contribution >= 4 is 5.97 Å². The molecule has 0 heterocycles. The van der Waals surface area contributed by atoms with Gasteiger partial charge in [-0.05, 0) is 35.7 Å². The predicted octanol–water partition coefficient (Wildman–Crippen LogP) is 3.18. The zero-order chi connectivity index (χ0) is 11.9. The molecule has 1 fully saturated rings. The van der Waals surface area contributed by atoms with Gasteiger partial charge < -0.3 is 4.74 Å². The van der Waals surface area contributed by atoms with E-state index < -0.39 is 0 Å². The second kappa shape index (κ2) is 3.90. The molecular formula is C14H22O2. The Morgan fingerprint density at radius 1 is 1.56 bits per heavy atom. The highest BCUT2D eigenvalue weighted by molar-refractivity contribution is 5.71. The second-order valence-corrected chi connectivity index (χ2v) is 6.08. The summed E-state index contributed by atoms with van der Waals surface area (Å²) in [5.41, 5.74) is 1.77. The number of ether oxygens (including phenoxy) is 1. The fourth-order valence-electron chi connectivity index (χ4n) is 2.96. The molecule has 0 aromatic carbocycles. The molecule has 90 valence electrons. The summed E-state index contributed by atoms with van der Waals surface area (Å²) < 4.78 is 5.32. The molecule has 0 aromatic rings. The van der Waals surface area contributed by atoms with E-state index in [0.717, 1.165) is 12.3 Å². The van der Waals surface area contributed by atoms with E-state index in [2.05, 4.69) is 19.9 Å². The van der Waals surface area contributed by atoms with Gasteiger partial charge >= 0.3 is 5.97 Å². The minimum atomic E-state index is -0.0832. The molecule has 0 N–H and O–H groups in total. The Morgan fingerprint density at radius 2 is 2.25 bits per heavy atom. The van der Waals surface area contributed by atoms with Crippen molar-refractivity contribution in [2.24, 2.45) is 23.2 Å². The molecule has 2 bridgehead atoms. The van der Waals surface area contributed by atoms with Crippen molar-refractivity contribution in [2.45, 2.75) is 40.5 Å². The van der Waals surface area contributed by atoms with Crippen molar-refractivity contribution in [3.8, 4) is 0 Å². The largest absolute Gasteiger partial charge is 0.461 e. The Morgan fingerprint density at radius 3 is 2.75 bits per heavy atom. The molecule has 2 unspecified atom stereocenters. The summed E-state index contributed by atoms with van der Waals surface area (Å²) in [5.74, 6) is 1.39. The number of carbonyl (C=O) groups is 1. The van der Waals surface area contributed by atoms with Crippen LogP contribution >= 0.6 is 0 Å². The first-order valence-corrected chi connectivity index (χ1v) is 6.28. The average molecular weight is 222 g/mol. The highest BCUT2D eigenvalue weighted by atomic mass is 16.5. The Kier molecular flexibility index (Phi) is 2.85. The van der Waals surface area contributed by atoms with Gasteiger partial charge in [0.1, 0.15) is 6.61 Å². The van der Waals surface area contributed by atoms with Crippen LogP contribution in [-0.4, -0.2) is 12.6 Å². The van der Waals surface area contributed by atoms with Gasteiger partial charge in [0.25, 0.3) is 0 Å². The van der Waals surface area contributed by atoms with Crippen LogP contribution in [0.3, 0.4) is 0 Å². The first-order chi connectivity index (χ1) is 7.43. The lowest BCUT2D eigenvalue weighted by molar-refractivity contribution is -0.147. The van der Waals surface area contributed by atoms with Gasteiger partial charge in [0.15, 0.2) is 0 Å². The van der Waals surface area contributed by atoms with Crippen molar-refractivity contribution in [2.75, 3.05) is 6.61 Å². The van der Waals surface area contributed by atoms with Gasteiger partial charge in [-0.15, -0.1) is 0 Å². The van der Waals surface area contributed by atoms with Crippen LogP contribution in [0.5, 0.6) is 0 Å². The number of fused-ring (bicyclic) bond motifs is 1. The molecule has 3 aliphatic carbocycles. The molecule has 0 spiro atoms. The van der Waals surface area contributed by atoms with E-state index in [-0.39, 0.29) is 11.9 Å². The smallest absolute Gasteiger partial charge is 0.308 e. The van der Waals surface area contributed by atoms with Crippen LogP contribution in [0.1, 0.15) is 40.5 Å². The zero-order valence-corrected chi connectivity index (χ0v) is 10.7. The van der Waals surface area contributed by atoms with Gasteiger partial charge in [0.05, 0.1) is 5.92 Å². The van der Waals surface area contributed by atoms with E-state index in [4.69, 9.17) is 4.74 Å². The van der Waals surface area contributed by atoms with Crippen molar-refractivity contribution in [3.05, 3.63) is 11.6 Å². The summed E-state index contributed by atoms with van der Waals surface area (Å²) >= 11 is 0. The van der Waals surface area contributed by atoms with Gasteiger partial charge in [-0.25, -0.2) is 0 Å². The summed E-state index contributed by atoms with van der Waals surface area (Å²) in [6.07, 6.45) is 4.74. The molecule has 0 saturated heterocycles. The maximum Gasteiger partial charge on any atom is 0.308 e. The Balaban J connectivity index is 1.92. The maximum atomic E-state index is 11.4. The van der Waals surface area contributed by atoms with Crippen LogP contribution in [0.25, 0.3) is 0 Å². The number of rotatable bonds is 3. The van der Waals surface area contributed by atoms with E-state index >= 15 is 0 Å². The number of allylic oxidation sites excluding steroid dienone is 1. The van der Waals surface area contributed by atoms with E-state index in [1.165, 1.54) is 12.0 Å². The lowest BCUT2D eigenvalue weighted by atomic mass is 9.49. The van der Waals surface area contributed by atoms with Crippen LogP contribution in [0, 0.1) is 23.2 Å². The highest BCUT2D eigenvalue weighted by Crippen LogP contribution is 2.59. The Hall–Kier alpha value is -0.790. The zero-order valence-electron chi connectivity index (χ0n) is 10.7.